The summed E-state index contributed by atoms with van der Waals surface area (Å²) in [4.78, 5) is 26.2. The van der Waals surface area contributed by atoms with Crippen molar-refractivity contribution in [3.05, 3.63) is 46.3 Å². The van der Waals surface area contributed by atoms with Crippen molar-refractivity contribution < 1.29 is 23.8 Å². The Morgan fingerprint density at radius 1 is 1.19 bits per heavy atom. The molecule has 174 valence electrons. The number of Topliss-reactive ketones (excluding diaryl/α,β-unsaturated/α-hetero) is 1. The Bertz CT molecular complexity index is 921. The zero-order valence-electron chi connectivity index (χ0n) is 19.4. The first-order valence-electron chi connectivity index (χ1n) is 11.3. The predicted molar refractivity (Wildman–Crippen MR) is 127 cm³/mol. The maximum Gasteiger partial charge on any atom is 0.336 e. The van der Waals surface area contributed by atoms with E-state index in [4.69, 9.17) is 14.2 Å². The summed E-state index contributed by atoms with van der Waals surface area (Å²) < 4.78 is 17.0. The van der Waals surface area contributed by atoms with E-state index in [-0.39, 0.29) is 11.8 Å². The molecule has 0 amide bonds. The molecule has 0 bridgehead atoms. The fraction of sp³-hybridized carbons (Fsp3) is 0.520. The lowest BCUT2D eigenvalue weighted by molar-refractivity contribution is -0.138. The van der Waals surface area contributed by atoms with E-state index < -0.39 is 5.92 Å². The van der Waals surface area contributed by atoms with Crippen LogP contribution < -0.4 is 14.8 Å². The summed E-state index contributed by atoms with van der Waals surface area (Å²) in [6.07, 6.45) is 2.98. The molecule has 1 aliphatic carbocycles. The number of carbonyl (C=O) groups is 2. The van der Waals surface area contributed by atoms with Crippen LogP contribution in [0.4, 0.5) is 0 Å². The average Bonchev–Trinajstić information content (AvgIpc) is 2.79. The Kier molecular flexibility index (Phi) is 8.67. The minimum Gasteiger partial charge on any atom is -0.493 e. The van der Waals surface area contributed by atoms with E-state index in [2.05, 4.69) is 12.2 Å². The molecule has 1 aliphatic heterocycles. The number of thioether (sulfide) groups is 1. The van der Waals surface area contributed by atoms with Gasteiger partial charge in [-0.1, -0.05) is 19.9 Å². The van der Waals surface area contributed by atoms with Crippen molar-refractivity contribution in [2.75, 3.05) is 31.8 Å². The number of rotatable bonds is 10. The molecule has 0 saturated carbocycles. The molecule has 1 heterocycles. The maximum atomic E-state index is 13.2. The van der Waals surface area contributed by atoms with Crippen molar-refractivity contribution in [3.63, 3.8) is 0 Å². The lowest BCUT2D eigenvalue weighted by Gasteiger charge is -2.34. The zero-order valence-corrected chi connectivity index (χ0v) is 20.2. The van der Waals surface area contributed by atoms with Crippen molar-refractivity contribution in [2.24, 2.45) is 0 Å². The molecule has 7 heteroatoms. The minimum atomic E-state index is -0.487. The van der Waals surface area contributed by atoms with Gasteiger partial charge in [0.15, 0.2) is 17.3 Å². The van der Waals surface area contributed by atoms with Gasteiger partial charge in [-0.05, 0) is 49.6 Å². The first-order chi connectivity index (χ1) is 15.5. The number of ether oxygens (including phenoxy) is 3. The topological polar surface area (TPSA) is 73.9 Å². The Labute approximate surface area is 194 Å². The Morgan fingerprint density at radius 3 is 2.72 bits per heavy atom. The number of methoxy groups -OCH3 is 1. The molecule has 2 aliphatic rings. The number of carbonyl (C=O) groups excluding carboxylic acids is 2. The average molecular weight is 460 g/mol. The van der Waals surface area contributed by atoms with E-state index in [1.54, 1.807) is 18.9 Å². The van der Waals surface area contributed by atoms with Gasteiger partial charge in [0.25, 0.3) is 0 Å². The number of dihydropyridines is 1. The highest BCUT2D eigenvalue weighted by Gasteiger charge is 2.39. The van der Waals surface area contributed by atoms with Gasteiger partial charge in [-0.2, -0.15) is 11.8 Å². The fourth-order valence-corrected chi connectivity index (χ4v) is 4.69. The largest absolute Gasteiger partial charge is 0.493 e. The number of hydrogen-bond acceptors (Lipinski definition) is 7. The molecule has 0 spiro atoms. The monoisotopic (exact) mass is 459 g/mol. The highest BCUT2D eigenvalue weighted by molar-refractivity contribution is 7.99. The summed E-state index contributed by atoms with van der Waals surface area (Å²) in [6, 6.07) is 5.65. The van der Waals surface area contributed by atoms with Crippen molar-refractivity contribution in [1.82, 2.24) is 5.32 Å². The second-order valence-electron chi connectivity index (χ2n) is 7.86. The summed E-state index contributed by atoms with van der Waals surface area (Å²) in [6.45, 7) is 6.92. The van der Waals surface area contributed by atoms with Crippen LogP contribution in [-0.4, -0.2) is 43.6 Å². The quantitative estimate of drug-likeness (QED) is 0.400. The van der Waals surface area contributed by atoms with Gasteiger partial charge in [0, 0.05) is 35.1 Å². The fourth-order valence-electron chi connectivity index (χ4n) is 4.20. The number of allylic oxidation sites excluding steroid dienone is 3. The first kappa shape index (κ1) is 24.2. The van der Waals surface area contributed by atoms with Crippen LogP contribution in [0.15, 0.2) is 40.7 Å². The van der Waals surface area contributed by atoms with Gasteiger partial charge in [0.2, 0.25) is 0 Å². The molecule has 0 unspecified atom stereocenters. The molecule has 1 atom stereocenters. The molecule has 1 N–H and O–H groups in total. The van der Waals surface area contributed by atoms with E-state index in [1.807, 2.05) is 32.0 Å². The van der Waals surface area contributed by atoms with Crippen molar-refractivity contribution >= 4 is 23.5 Å². The van der Waals surface area contributed by atoms with Gasteiger partial charge in [0.1, 0.15) is 6.61 Å². The first-order valence-corrected chi connectivity index (χ1v) is 12.5. The number of hydrogen-bond donors (Lipinski definition) is 1. The number of ketones is 1. The third-order valence-electron chi connectivity index (χ3n) is 5.64. The molecular formula is C25H33NO5S. The molecule has 6 nitrogen and oxygen atoms in total. The second kappa shape index (κ2) is 11.5. The van der Waals surface area contributed by atoms with Crippen LogP contribution in [0.5, 0.6) is 11.5 Å². The Hall–Kier alpha value is -2.41. The zero-order chi connectivity index (χ0) is 23.1. The van der Waals surface area contributed by atoms with Crippen LogP contribution in [0.25, 0.3) is 0 Å². The smallest absolute Gasteiger partial charge is 0.336 e. The minimum absolute atomic E-state index is 0.0772. The maximum absolute atomic E-state index is 13.2. The molecule has 1 aromatic rings. The highest BCUT2D eigenvalue weighted by atomic mass is 32.2. The SMILES string of the molecule is CCCOc1ccc([C@H]2C(C(=O)OCCSCC)=C(C)NC3=C2C(=O)CCC3)cc1OC. The number of benzene rings is 1. The van der Waals surface area contributed by atoms with Crippen LogP contribution in [0.2, 0.25) is 0 Å². The van der Waals surface area contributed by atoms with Crippen LogP contribution >= 0.6 is 11.8 Å². The van der Waals surface area contributed by atoms with Gasteiger partial charge in [-0.15, -0.1) is 0 Å². The Balaban J connectivity index is 2.01. The van der Waals surface area contributed by atoms with Gasteiger partial charge < -0.3 is 19.5 Å². The van der Waals surface area contributed by atoms with Crippen LogP contribution in [0, 0.1) is 0 Å². The molecule has 32 heavy (non-hydrogen) atoms. The molecule has 3 rings (SSSR count). The highest BCUT2D eigenvalue weighted by Crippen LogP contribution is 2.44. The molecule has 0 radical (unpaired) electrons. The van der Waals surface area contributed by atoms with Crippen molar-refractivity contribution in [2.45, 2.75) is 52.4 Å². The Morgan fingerprint density at radius 2 is 2.00 bits per heavy atom. The molecule has 0 saturated heterocycles. The van der Waals surface area contributed by atoms with E-state index >= 15 is 0 Å². The van der Waals surface area contributed by atoms with Gasteiger partial charge in [-0.25, -0.2) is 4.79 Å². The predicted octanol–water partition coefficient (Wildman–Crippen LogP) is 4.75. The van der Waals surface area contributed by atoms with Gasteiger partial charge in [-0.3, -0.25) is 4.79 Å². The third-order valence-corrected chi connectivity index (χ3v) is 6.51. The van der Waals surface area contributed by atoms with E-state index in [9.17, 15) is 9.59 Å². The summed E-state index contributed by atoms with van der Waals surface area (Å²) in [5.41, 5.74) is 3.63. The lowest BCUT2D eigenvalue weighted by atomic mass is 9.75. The second-order valence-corrected chi connectivity index (χ2v) is 9.25. The van der Waals surface area contributed by atoms with E-state index in [0.29, 0.717) is 42.3 Å². The lowest BCUT2D eigenvalue weighted by Crippen LogP contribution is -2.34. The number of esters is 1. The van der Waals surface area contributed by atoms with Crippen LogP contribution in [0.3, 0.4) is 0 Å². The van der Waals surface area contributed by atoms with Crippen LogP contribution in [0.1, 0.15) is 57.9 Å². The van der Waals surface area contributed by atoms with Crippen molar-refractivity contribution in [3.8, 4) is 11.5 Å². The normalized spacial score (nSPS) is 18.2. The van der Waals surface area contributed by atoms with Gasteiger partial charge in [0.05, 0.1) is 19.3 Å². The van der Waals surface area contributed by atoms with E-state index in [0.717, 1.165) is 47.7 Å². The molecule has 0 fully saturated rings. The summed E-state index contributed by atoms with van der Waals surface area (Å²) in [5, 5.41) is 3.33. The third kappa shape index (κ3) is 5.31. The molecule has 0 aromatic heterocycles. The summed E-state index contributed by atoms with van der Waals surface area (Å²) in [5.74, 6) is 2.17. The summed E-state index contributed by atoms with van der Waals surface area (Å²) in [7, 11) is 1.60. The molecular weight excluding hydrogens is 426 g/mol. The van der Waals surface area contributed by atoms with Crippen molar-refractivity contribution in [1.29, 1.82) is 0 Å². The number of nitrogens with one attached hydrogen (secondary N) is 1. The van der Waals surface area contributed by atoms with E-state index in [1.165, 1.54) is 0 Å². The molecule has 1 aromatic carbocycles. The summed E-state index contributed by atoms with van der Waals surface area (Å²) >= 11 is 1.72. The standard InChI is InChI=1S/C25H33NO5S/c1-5-12-30-20-11-10-17(15-21(20)29-4)23-22(25(28)31-13-14-32-6-2)16(3)26-18-8-7-9-19(27)24(18)23/h10-11,15,23,26H,5-9,12-14H2,1-4H3/t23-/m0/s1. The van der Waals surface area contributed by atoms with Gasteiger partial charge >= 0.3 is 5.97 Å². The van der Waals surface area contributed by atoms with Crippen LogP contribution in [-0.2, 0) is 14.3 Å².